The minimum atomic E-state index is 0.00465. The fourth-order valence-electron chi connectivity index (χ4n) is 3.91. The molecule has 0 bridgehead atoms. The van der Waals surface area contributed by atoms with Crippen LogP contribution in [-0.4, -0.2) is 47.2 Å². The summed E-state index contributed by atoms with van der Waals surface area (Å²) in [5.41, 5.74) is 2.66. The molecule has 1 amide bonds. The van der Waals surface area contributed by atoms with Crippen LogP contribution < -0.4 is 4.90 Å². The molecule has 0 aliphatic carbocycles. The van der Waals surface area contributed by atoms with Gasteiger partial charge in [0, 0.05) is 42.6 Å². The third-order valence-electron chi connectivity index (χ3n) is 5.35. The first-order valence-corrected chi connectivity index (χ1v) is 9.26. The lowest BCUT2D eigenvalue weighted by molar-refractivity contribution is 0.0743. The van der Waals surface area contributed by atoms with E-state index in [0.29, 0.717) is 18.8 Å². The average Bonchev–Trinajstić information content (AvgIpc) is 3.17. The molecule has 27 heavy (non-hydrogen) atoms. The summed E-state index contributed by atoms with van der Waals surface area (Å²) >= 11 is 0. The van der Waals surface area contributed by atoms with E-state index < -0.39 is 0 Å². The van der Waals surface area contributed by atoms with Crippen LogP contribution in [-0.2, 0) is 0 Å². The zero-order valence-corrected chi connectivity index (χ0v) is 14.9. The van der Waals surface area contributed by atoms with Gasteiger partial charge in [-0.3, -0.25) is 9.89 Å². The fourth-order valence-corrected chi connectivity index (χ4v) is 3.91. The van der Waals surface area contributed by atoms with E-state index in [-0.39, 0.29) is 5.91 Å². The van der Waals surface area contributed by atoms with Crippen LogP contribution >= 0.6 is 0 Å². The van der Waals surface area contributed by atoms with E-state index in [1.54, 1.807) is 0 Å². The second-order valence-corrected chi connectivity index (χ2v) is 6.90. The van der Waals surface area contributed by atoms with Crippen molar-refractivity contribution in [2.45, 2.75) is 0 Å². The Balaban J connectivity index is 1.36. The van der Waals surface area contributed by atoms with Crippen LogP contribution in [0.4, 0.5) is 5.69 Å². The van der Waals surface area contributed by atoms with Crippen LogP contribution in [0.25, 0.3) is 21.7 Å². The molecule has 1 saturated heterocycles. The number of hydrogen-bond acceptors (Lipinski definition) is 3. The topological polar surface area (TPSA) is 52.2 Å². The maximum Gasteiger partial charge on any atom is 0.275 e. The summed E-state index contributed by atoms with van der Waals surface area (Å²) in [4.78, 5) is 17.2. The zero-order valence-electron chi connectivity index (χ0n) is 14.9. The van der Waals surface area contributed by atoms with Crippen molar-refractivity contribution < 1.29 is 4.79 Å². The molecule has 0 atom stereocenters. The molecule has 1 N–H and O–H groups in total. The Kier molecular flexibility index (Phi) is 3.78. The quantitative estimate of drug-likeness (QED) is 0.596. The van der Waals surface area contributed by atoms with Gasteiger partial charge in [-0.1, -0.05) is 54.6 Å². The van der Waals surface area contributed by atoms with Gasteiger partial charge in [0.2, 0.25) is 0 Å². The number of carbonyl (C=O) groups is 1. The van der Waals surface area contributed by atoms with Gasteiger partial charge >= 0.3 is 0 Å². The number of nitrogens with zero attached hydrogens (tertiary/aromatic N) is 3. The molecule has 1 aliphatic rings. The summed E-state index contributed by atoms with van der Waals surface area (Å²) in [6.45, 7) is 3.04. The number of H-pyrrole nitrogens is 1. The van der Waals surface area contributed by atoms with Crippen molar-refractivity contribution in [2.24, 2.45) is 0 Å². The minimum absolute atomic E-state index is 0.00465. The van der Waals surface area contributed by atoms with Gasteiger partial charge in [0.15, 0.2) is 5.69 Å². The lowest BCUT2D eigenvalue weighted by atomic mass is 10.1. The van der Waals surface area contributed by atoms with Crippen LogP contribution in [0.1, 0.15) is 10.5 Å². The number of fused-ring (bicyclic) bond motifs is 2. The Morgan fingerprint density at radius 1 is 0.815 bits per heavy atom. The van der Waals surface area contributed by atoms with Crippen molar-refractivity contribution >= 4 is 33.3 Å². The van der Waals surface area contributed by atoms with E-state index in [0.717, 1.165) is 24.0 Å². The number of nitrogens with one attached hydrogen (secondary N) is 1. The Bertz CT molecular complexity index is 1120. The van der Waals surface area contributed by atoms with Gasteiger partial charge in [-0.25, -0.2) is 0 Å². The summed E-state index contributed by atoms with van der Waals surface area (Å²) in [5.74, 6) is 0.00465. The lowest BCUT2D eigenvalue weighted by Crippen LogP contribution is -2.49. The number of piperazine rings is 1. The average molecular weight is 356 g/mol. The largest absolute Gasteiger partial charge is 0.367 e. The number of aromatic nitrogens is 2. The van der Waals surface area contributed by atoms with E-state index in [2.05, 4.69) is 57.6 Å². The van der Waals surface area contributed by atoms with Gasteiger partial charge in [0.05, 0.1) is 5.52 Å². The maximum atomic E-state index is 13.0. The van der Waals surface area contributed by atoms with E-state index >= 15 is 0 Å². The van der Waals surface area contributed by atoms with Crippen molar-refractivity contribution in [3.05, 3.63) is 72.4 Å². The van der Waals surface area contributed by atoms with E-state index in [1.807, 2.05) is 29.2 Å². The highest BCUT2D eigenvalue weighted by Crippen LogP contribution is 2.28. The zero-order chi connectivity index (χ0) is 18.2. The molecule has 4 aromatic rings. The number of rotatable bonds is 2. The standard InChI is InChI=1S/C22H20N4O/c27-22(21-18-9-3-4-10-19(18)23-24-21)26-14-12-25(13-15-26)20-11-5-7-16-6-1-2-8-17(16)20/h1-11H,12-15H2,(H,23,24). The highest BCUT2D eigenvalue weighted by Gasteiger charge is 2.25. The van der Waals surface area contributed by atoms with Crippen LogP contribution in [0.5, 0.6) is 0 Å². The predicted molar refractivity (Wildman–Crippen MR) is 108 cm³/mol. The second-order valence-electron chi connectivity index (χ2n) is 6.90. The van der Waals surface area contributed by atoms with Gasteiger partial charge in [0.1, 0.15) is 0 Å². The van der Waals surface area contributed by atoms with E-state index in [4.69, 9.17) is 0 Å². The third kappa shape index (κ3) is 2.72. The molecule has 5 nitrogen and oxygen atoms in total. The second kappa shape index (κ2) is 6.43. The molecule has 1 aliphatic heterocycles. The Morgan fingerprint density at radius 2 is 1.52 bits per heavy atom. The first-order chi connectivity index (χ1) is 13.3. The van der Waals surface area contributed by atoms with Crippen molar-refractivity contribution in [1.29, 1.82) is 0 Å². The molecule has 1 fully saturated rings. The summed E-state index contributed by atoms with van der Waals surface area (Å²) in [6, 6.07) is 22.6. The summed E-state index contributed by atoms with van der Waals surface area (Å²) in [7, 11) is 0. The maximum absolute atomic E-state index is 13.0. The minimum Gasteiger partial charge on any atom is -0.367 e. The molecule has 134 valence electrons. The predicted octanol–water partition coefficient (Wildman–Crippen LogP) is 3.68. The van der Waals surface area contributed by atoms with Gasteiger partial charge in [-0.15, -0.1) is 0 Å². The van der Waals surface area contributed by atoms with Crippen LogP contribution in [0.15, 0.2) is 66.7 Å². The Labute approximate surface area is 157 Å². The third-order valence-corrected chi connectivity index (χ3v) is 5.35. The highest BCUT2D eigenvalue weighted by molar-refractivity contribution is 6.04. The number of benzene rings is 3. The number of anilines is 1. The van der Waals surface area contributed by atoms with Crippen LogP contribution in [0, 0.1) is 0 Å². The molecule has 0 spiro atoms. The number of hydrogen-bond donors (Lipinski definition) is 1. The molecule has 5 rings (SSSR count). The van der Waals surface area contributed by atoms with Crippen molar-refractivity contribution in [3.8, 4) is 0 Å². The van der Waals surface area contributed by atoms with Crippen molar-refractivity contribution in [2.75, 3.05) is 31.1 Å². The summed E-state index contributed by atoms with van der Waals surface area (Å²) in [6.07, 6.45) is 0. The number of carbonyl (C=O) groups excluding carboxylic acids is 1. The van der Waals surface area contributed by atoms with Crippen LogP contribution in [0.2, 0.25) is 0 Å². The molecule has 0 radical (unpaired) electrons. The molecule has 2 heterocycles. The van der Waals surface area contributed by atoms with Gasteiger partial charge in [-0.2, -0.15) is 5.10 Å². The van der Waals surface area contributed by atoms with Gasteiger partial charge in [-0.05, 0) is 17.5 Å². The number of aromatic amines is 1. The molecule has 1 aromatic heterocycles. The number of para-hydroxylation sites is 1. The van der Waals surface area contributed by atoms with Gasteiger partial charge in [0.25, 0.3) is 5.91 Å². The molecule has 0 saturated carbocycles. The molecule has 5 heteroatoms. The normalized spacial score (nSPS) is 14.8. The first kappa shape index (κ1) is 15.9. The van der Waals surface area contributed by atoms with Gasteiger partial charge < -0.3 is 9.80 Å². The summed E-state index contributed by atoms with van der Waals surface area (Å²) in [5, 5.41) is 10.6. The molecular formula is C22H20N4O. The lowest BCUT2D eigenvalue weighted by Gasteiger charge is -2.36. The smallest absolute Gasteiger partial charge is 0.275 e. The fraction of sp³-hybridized carbons (Fsp3) is 0.182. The molecule has 0 unspecified atom stereocenters. The molecular weight excluding hydrogens is 336 g/mol. The van der Waals surface area contributed by atoms with E-state index in [1.165, 1.54) is 16.5 Å². The molecule has 3 aromatic carbocycles. The Hall–Kier alpha value is -3.34. The first-order valence-electron chi connectivity index (χ1n) is 9.26. The van der Waals surface area contributed by atoms with Crippen molar-refractivity contribution in [3.63, 3.8) is 0 Å². The monoisotopic (exact) mass is 356 g/mol. The van der Waals surface area contributed by atoms with Crippen LogP contribution in [0.3, 0.4) is 0 Å². The summed E-state index contributed by atoms with van der Waals surface area (Å²) < 4.78 is 0. The van der Waals surface area contributed by atoms with E-state index in [9.17, 15) is 4.79 Å². The highest BCUT2D eigenvalue weighted by atomic mass is 16.2. The SMILES string of the molecule is O=C(c1n[nH]c2ccccc12)N1CCN(c2cccc3ccccc23)CC1. The Morgan fingerprint density at radius 3 is 2.37 bits per heavy atom. The van der Waals surface area contributed by atoms with Crippen molar-refractivity contribution in [1.82, 2.24) is 15.1 Å². The number of amides is 1.